The summed E-state index contributed by atoms with van der Waals surface area (Å²) in [6, 6.07) is 22.2. The van der Waals surface area contributed by atoms with Gasteiger partial charge in [0.25, 0.3) is 5.91 Å². The number of halogens is 1. The quantitative estimate of drug-likeness (QED) is 0.380. The highest BCUT2D eigenvalue weighted by molar-refractivity contribution is 5.94. The van der Waals surface area contributed by atoms with Crippen LogP contribution in [-0.4, -0.2) is 86.1 Å². The molecule has 2 aliphatic rings. The van der Waals surface area contributed by atoms with E-state index in [4.69, 9.17) is 0 Å². The van der Waals surface area contributed by atoms with Crippen LogP contribution in [0.4, 0.5) is 4.39 Å². The minimum atomic E-state index is -0.255. The zero-order valence-electron chi connectivity index (χ0n) is 25.0. The first-order chi connectivity index (χ1) is 19.6. The Morgan fingerprint density at radius 3 is 2.66 bits per heavy atom. The normalized spacial score (nSPS) is 20.8. The molecule has 5 rings (SSSR count). The van der Waals surface area contributed by atoms with Crippen molar-refractivity contribution in [1.82, 2.24) is 20.4 Å². The third-order valence-electron chi connectivity index (χ3n) is 8.60. The number of nitrogens with zero attached hydrogens (tertiary/aromatic N) is 3. The van der Waals surface area contributed by atoms with Gasteiger partial charge in [-0.1, -0.05) is 36.4 Å². The van der Waals surface area contributed by atoms with Gasteiger partial charge in [0, 0.05) is 62.9 Å². The van der Waals surface area contributed by atoms with Crippen LogP contribution in [0.2, 0.25) is 0 Å². The maximum Gasteiger partial charge on any atom is 0.251 e. The predicted molar refractivity (Wildman–Crippen MR) is 164 cm³/mol. The molecule has 3 aromatic carbocycles. The number of piperazine rings is 1. The second kappa shape index (κ2) is 12.8. The maximum absolute atomic E-state index is 15.0. The van der Waals surface area contributed by atoms with E-state index in [2.05, 4.69) is 66.7 Å². The highest BCUT2D eigenvalue weighted by atomic mass is 19.1. The molecule has 6 nitrogen and oxygen atoms in total. The third kappa shape index (κ3) is 7.80. The number of nitrogens with one attached hydrogen (secondary N) is 2. The number of hydrogen-bond donors (Lipinski definition) is 2. The largest absolute Gasteiger partial charge is 0.348 e. The molecule has 41 heavy (non-hydrogen) atoms. The molecule has 2 aliphatic heterocycles. The highest BCUT2D eigenvalue weighted by Gasteiger charge is 2.33. The van der Waals surface area contributed by atoms with Gasteiger partial charge in [-0.25, -0.2) is 4.39 Å². The van der Waals surface area contributed by atoms with E-state index in [0.717, 1.165) is 60.4 Å². The van der Waals surface area contributed by atoms with Crippen LogP contribution in [0.25, 0.3) is 11.1 Å². The van der Waals surface area contributed by atoms with Gasteiger partial charge < -0.3 is 15.1 Å². The van der Waals surface area contributed by atoms with Gasteiger partial charge in [-0.3, -0.25) is 14.6 Å². The van der Waals surface area contributed by atoms with Gasteiger partial charge in [0.15, 0.2) is 0 Å². The predicted octanol–water partition coefficient (Wildman–Crippen LogP) is 4.50. The highest BCUT2D eigenvalue weighted by Crippen LogP contribution is 2.26. The van der Waals surface area contributed by atoms with E-state index in [0.29, 0.717) is 29.8 Å². The monoisotopic (exact) mass is 558 g/mol. The fraction of sp³-hybridized carbons (Fsp3) is 0.441. The molecule has 1 unspecified atom stereocenters. The molecule has 218 valence electrons. The second-order valence-electron chi connectivity index (χ2n) is 12.7. The fourth-order valence-corrected chi connectivity index (χ4v) is 6.28. The molecule has 3 aromatic rings. The van der Waals surface area contributed by atoms with E-state index in [1.54, 1.807) is 6.07 Å². The number of rotatable bonds is 9. The van der Waals surface area contributed by atoms with Gasteiger partial charge in [-0.2, -0.15) is 0 Å². The summed E-state index contributed by atoms with van der Waals surface area (Å²) in [5.41, 5.74) is 5.25. The van der Waals surface area contributed by atoms with Crippen LogP contribution in [0.1, 0.15) is 40.4 Å². The molecule has 2 heterocycles. The Hall–Kier alpha value is -3.10. The standard InChI is InChI=1S/C34H44FN5O/c1-25-21-39(15-14-36-25)23-28-8-5-9-29(17-28)32-19-26(11-12-33(32)35)20-37-34(41)30-10-6-7-27(18-30)22-38(2)31-13-16-40(3,4)24-31/h5-12,17-19,25,31,36H,13-16,20-24H2,1-4H3/p+1/t25-,31?/m0/s1. The van der Waals surface area contributed by atoms with Crippen molar-refractivity contribution in [3.8, 4) is 11.1 Å². The minimum absolute atomic E-state index is 0.119. The lowest BCUT2D eigenvalue weighted by Gasteiger charge is -2.31. The van der Waals surface area contributed by atoms with Crippen LogP contribution in [0.3, 0.4) is 0 Å². The molecule has 0 aromatic heterocycles. The van der Waals surface area contributed by atoms with Crippen LogP contribution in [0.15, 0.2) is 66.7 Å². The summed E-state index contributed by atoms with van der Waals surface area (Å²) in [6.07, 6.45) is 1.20. The molecule has 1 amide bonds. The maximum atomic E-state index is 15.0. The summed E-state index contributed by atoms with van der Waals surface area (Å²) >= 11 is 0. The Balaban J connectivity index is 1.21. The number of carbonyl (C=O) groups is 1. The lowest BCUT2D eigenvalue weighted by atomic mass is 10.00. The van der Waals surface area contributed by atoms with Crippen LogP contribution in [-0.2, 0) is 19.6 Å². The topological polar surface area (TPSA) is 47.6 Å². The second-order valence-corrected chi connectivity index (χ2v) is 12.7. The molecule has 0 bridgehead atoms. The number of amides is 1. The molecule has 2 fully saturated rings. The Bertz CT molecular complexity index is 1360. The van der Waals surface area contributed by atoms with Crippen LogP contribution in [0, 0.1) is 5.82 Å². The Morgan fingerprint density at radius 1 is 1.07 bits per heavy atom. The first-order valence-electron chi connectivity index (χ1n) is 14.9. The van der Waals surface area contributed by atoms with Crippen molar-refractivity contribution in [1.29, 1.82) is 0 Å². The number of hydrogen-bond acceptors (Lipinski definition) is 4. The number of benzene rings is 3. The van der Waals surface area contributed by atoms with Crippen molar-refractivity contribution in [3.63, 3.8) is 0 Å². The van der Waals surface area contributed by atoms with Gasteiger partial charge in [0.1, 0.15) is 5.82 Å². The smallest absolute Gasteiger partial charge is 0.251 e. The number of quaternary nitrogens is 1. The molecule has 2 N–H and O–H groups in total. The van der Waals surface area contributed by atoms with Crippen LogP contribution < -0.4 is 10.6 Å². The average Bonchev–Trinajstić information content (AvgIpc) is 3.32. The van der Waals surface area contributed by atoms with Gasteiger partial charge in [0.05, 0.1) is 33.2 Å². The summed E-state index contributed by atoms with van der Waals surface area (Å²) in [7, 11) is 6.75. The third-order valence-corrected chi connectivity index (χ3v) is 8.60. The average molecular weight is 559 g/mol. The van der Waals surface area contributed by atoms with Crippen LogP contribution in [0.5, 0.6) is 0 Å². The van der Waals surface area contributed by atoms with E-state index >= 15 is 0 Å². The van der Waals surface area contributed by atoms with E-state index in [1.807, 2.05) is 36.4 Å². The van der Waals surface area contributed by atoms with E-state index in [-0.39, 0.29) is 11.7 Å². The van der Waals surface area contributed by atoms with Crippen LogP contribution >= 0.6 is 0 Å². The first kappa shape index (κ1) is 29.4. The molecule has 0 saturated carbocycles. The fourth-order valence-electron chi connectivity index (χ4n) is 6.28. The lowest BCUT2D eigenvalue weighted by molar-refractivity contribution is -0.878. The molecular weight excluding hydrogens is 513 g/mol. The van der Waals surface area contributed by atoms with Gasteiger partial charge in [-0.05, 0) is 66.6 Å². The summed E-state index contributed by atoms with van der Waals surface area (Å²) in [5, 5.41) is 6.52. The summed E-state index contributed by atoms with van der Waals surface area (Å²) in [6.45, 7) is 9.56. The Labute approximate surface area is 244 Å². The summed E-state index contributed by atoms with van der Waals surface area (Å²) < 4.78 is 16.0. The molecule has 0 aliphatic carbocycles. The number of likely N-dealkylation sites (N-methyl/N-ethyl adjacent to an activating group) is 2. The zero-order chi connectivity index (χ0) is 29.0. The van der Waals surface area contributed by atoms with Crippen molar-refractivity contribution in [2.45, 2.75) is 45.1 Å². The SMILES string of the molecule is C[C@H]1CN(Cc2cccc(-c3cc(CNC(=O)c4cccc(CN(C)C5CC[N+](C)(C)C5)c4)ccc3F)c2)CCN1. The molecule has 2 atom stereocenters. The number of carbonyl (C=O) groups excluding carboxylic acids is 1. The minimum Gasteiger partial charge on any atom is -0.348 e. The summed E-state index contributed by atoms with van der Waals surface area (Å²) in [5.74, 6) is -0.374. The molecule has 2 saturated heterocycles. The lowest BCUT2D eigenvalue weighted by Crippen LogP contribution is -2.48. The van der Waals surface area contributed by atoms with Gasteiger partial charge in [0.2, 0.25) is 0 Å². The van der Waals surface area contributed by atoms with Crippen molar-refractivity contribution in [2.75, 3.05) is 53.9 Å². The van der Waals surface area contributed by atoms with Gasteiger partial charge in [-0.15, -0.1) is 0 Å². The molecular formula is C34H45FN5O+. The first-order valence-corrected chi connectivity index (χ1v) is 14.9. The van der Waals surface area contributed by atoms with E-state index < -0.39 is 0 Å². The number of likely N-dealkylation sites (tertiary alicyclic amines) is 1. The zero-order valence-corrected chi connectivity index (χ0v) is 25.0. The van der Waals surface area contributed by atoms with E-state index in [9.17, 15) is 9.18 Å². The molecule has 7 heteroatoms. The molecule has 0 spiro atoms. The van der Waals surface area contributed by atoms with Crippen molar-refractivity contribution in [2.24, 2.45) is 0 Å². The summed E-state index contributed by atoms with van der Waals surface area (Å²) in [4.78, 5) is 17.9. The van der Waals surface area contributed by atoms with Crippen molar-refractivity contribution in [3.05, 3.63) is 94.8 Å². The van der Waals surface area contributed by atoms with Crippen molar-refractivity contribution < 1.29 is 13.7 Å². The van der Waals surface area contributed by atoms with E-state index in [1.165, 1.54) is 24.6 Å². The Kier molecular flexibility index (Phi) is 9.19. The molecule has 0 radical (unpaired) electrons. The van der Waals surface area contributed by atoms with Gasteiger partial charge >= 0.3 is 0 Å². The van der Waals surface area contributed by atoms with Crippen molar-refractivity contribution >= 4 is 5.91 Å². The Morgan fingerprint density at radius 2 is 1.88 bits per heavy atom.